The Kier molecular flexibility index (Phi) is 4.52. The van der Waals surface area contributed by atoms with Crippen LogP contribution in [0.15, 0.2) is 54.6 Å². The smallest absolute Gasteiger partial charge is 0.320 e. The van der Waals surface area contributed by atoms with E-state index in [9.17, 15) is 4.79 Å². The Morgan fingerprint density at radius 2 is 1.65 bits per heavy atom. The van der Waals surface area contributed by atoms with Gasteiger partial charge in [-0.05, 0) is 29.5 Å². The van der Waals surface area contributed by atoms with Crippen LogP contribution in [-0.4, -0.2) is 11.1 Å². The van der Waals surface area contributed by atoms with E-state index < -0.39 is 11.9 Å². The molecule has 2 rings (SSSR count). The van der Waals surface area contributed by atoms with Gasteiger partial charge in [0.25, 0.3) is 0 Å². The molecule has 0 aliphatic rings. The third-order valence-electron chi connectivity index (χ3n) is 3.24. The predicted octanol–water partition coefficient (Wildman–Crippen LogP) is 3.51. The first-order chi connectivity index (χ1) is 9.70. The van der Waals surface area contributed by atoms with E-state index in [2.05, 4.69) is 0 Å². The number of carbonyl (C=O) groups is 1. The van der Waals surface area contributed by atoms with Crippen LogP contribution in [0.3, 0.4) is 0 Å². The van der Waals surface area contributed by atoms with E-state index in [1.165, 1.54) is 0 Å². The van der Waals surface area contributed by atoms with Crippen molar-refractivity contribution in [1.29, 1.82) is 5.26 Å². The van der Waals surface area contributed by atoms with E-state index in [0.717, 1.165) is 16.7 Å². The van der Waals surface area contributed by atoms with E-state index in [0.29, 0.717) is 12.8 Å². The van der Waals surface area contributed by atoms with Gasteiger partial charge < -0.3 is 5.11 Å². The van der Waals surface area contributed by atoms with Crippen LogP contribution in [0.25, 0.3) is 11.1 Å². The number of carboxylic acids is 1. The number of hydrogen-bond acceptors (Lipinski definition) is 2. The quantitative estimate of drug-likeness (QED) is 0.899. The van der Waals surface area contributed by atoms with Crippen LogP contribution in [0, 0.1) is 17.2 Å². The van der Waals surface area contributed by atoms with Crippen LogP contribution in [0.4, 0.5) is 0 Å². The van der Waals surface area contributed by atoms with Crippen LogP contribution in [-0.2, 0) is 11.2 Å². The molecule has 1 N–H and O–H groups in total. The number of aliphatic carboxylic acids is 1. The zero-order chi connectivity index (χ0) is 14.4. The van der Waals surface area contributed by atoms with Crippen molar-refractivity contribution in [2.75, 3.05) is 0 Å². The molecule has 1 unspecified atom stereocenters. The second-order valence-electron chi connectivity index (χ2n) is 4.62. The van der Waals surface area contributed by atoms with Gasteiger partial charge in [0.2, 0.25) is 0 Å². The molecule has 0 radical (unpaired) electrons. The lowest BCUT2D eigenvalue weighted by Crippen LogP contribution is -2.12. The van der Waals surface area contributed by atoms with Crippen molar-refractivity contribution in [3.05, 3.63) is 60.2 Å². The van der Waals surface area contributed by atoms with Crippen LogP contribution >= 0.6 is 0 Å². The van der Waals surface area contributed by atoms with Crippen molar-refractivity contribution in [1.82, 2.24) is 0 Å². The first-order valence-electron chi connectivity index (χ1n) is 6.47. The predicted molar refractivity (Wildman–Crippen MR) is 76.9 cm³/mol. The fourth-order valence-corrected chi connectivity index (χ4v) is 2.05. The SMILES string of the molecule is N#CC(CCc1ccc(-c2ccccc2)cc1)C(=O)O. The first-order valence-corrected chi connectivity index (χ1v) is 6.47. The maximum atomic E-state index is 10.8. The molecule has 20 heavy (non-hydrogen) atoms. The van der Waals surface area contributed by atoms with Gasteiger partial charge in [-0.1, -0.05) is 54.6 Å². The summed E-state index contributed by atoms with van der Waals surface area (Å²) in [6.07, 6.45) is 0.941. The summed E-state index contributed by atoms with van der Waals surface area (Å²) >= 11 is 0. The maximum absolute atomic E-state index is 10.8. The third-order valence-corrected chi connectivity index (χ3v) is 3.24. The van der Waals surface area contributed by atoms with Crippen LogP contribution < -0.4 is 0 Å². The molecule has 0 spiro atoms. The first kappa shape index (κ1) is 13.8. The lowest BCUT2D eigenvalue weighted by atomic mass is 9.98. The molecular formula is C17H15NO2. The molecule has 0 aliphatic carbocycles. The fourth-order valence-electron chi connectivity index (χ4n) is 2.05. The van der Waals surface area contributed by atoms with Gasteiger partial charge in [-0.15, -0.1) is 0 Å². The molecule has 0 aromatic heterocycles. The molecular weight excluding hydrogens is 250 g/mol. The summed E-state index contributed by atoms with van der Waals surface area (Å²) in [7, 11) is 0. The number of nitriles is 1. The van der Waals surface area contributed by atoms with Gasteiger partial charge in [-0.3, -0.25) is 4.79 Å². The molecule has 0 aliphatic heterocycles. The molecule has 0 heterocycles. The average Bonchev–Trinajstić information content (AvgIpc) is 2.49. The number of benzene rings is 2. The zero-order valence-corrected chi connectivity index (χ0v) is 11.0. The van der Waals surface area contributed by atoms with Crippen molar-refractivity contribution in [3.8, 4) is 17.2 Å². The highest BCUT2D eigenvalue weighted by atomic mass is 16.4. The van der Waals surface area contributed by atoms with E-state index in [1.807, 2.05) is 60.7 Å². The van der Waals surface area contributed by atoms with Crippen LogP contribution in [0.1, 0.15) is 12.0 Å². The highest BCUT2D eigenvalue weighted by Crippen LogP contribution is 2.20. The lowest BCUT2D eigenvalue weighted by molar-refractivity contribution is -0.139. The van der Waals surface area contributed by atoms with Gasteiger partial charge in [-0.2, -0.15) is 5.26 Å². The highest BCUT2D eigenvalue weighted by molar-refractivity contribution is 5.72. The topological polar surface area (TPSA) is 61.1 Å². The van der Waals surface area contributed by atoms with Gasteiger partial charge in [-0.25, -0.2) is 0 Å². The Labute approximate surface area is 118 Å². The van der Waals surface area contributed by atoms with Crippen molar-refractivity contribution in [3.63, 3.8) is 0 Å². The summed E-state index contributed by atoms with van der Waals surface area (Å²) < 4.78 is 0. The summed E-state index contributed by atoms with van der Waals surface area (Å²) in [6, 6.07) is 19.9. The number of hydrogen-bond donors (Lipinski definition) is 1. The van der Waals surface area contributed by atoms with Crippen molar-refractivity contribution < 1.29 is 9.90 Å². The molecule has 0 fully saturated rings. The zero-order valence-electron chi connectivity index (χ0n) is 11.0. The van der Waals surface area contributed by atoms with E-state index in [1.54, 1.807) is 0 Å². The minimum atomic E-state index is -1.05. The molecule has 2 aromatic carbocycles. The molecule has 3 heteroatoms. The summed E-state index contributed by atoms with van der Waals surface area (Å²) in [6.45, 7) is 0. The number of rotatable bonds is 5. The van der Waals surface area contributed by atoms with Gasteiger partial charge >= 0.3 is 5.97 Å². The number of carboxylic acid groups (broad SMARTS) is 1. The summed E-state index contributed by atoms with van der Waals surface area (Å²) in [5.41, 5.74) is 3.33. The molecule has 3 nitrogen and oxygen atoms in total. The maximum Gasteiger partial charge on any atom is 0.320 e. The van der Waals surface area contributed by atoms with Gasteiger partial charge in [0, 0.05) is 0 Å². The Morgan fingerprint density at radius 3 is 2.20 bits per heavy atom. The van der Waals surface area contributed by atoms with Crippen LogP contribution in [0.2, 0.25) is 0 Å². The van der Waals surface area contributed by atoms with E-state index >= 15 is 0 Å². The Morgan fingerprint density at radius 1 is 1.05 bits per heavy atom. The van der Waals surface area contributed by atoms with E-state index in [4.69, 9.17) is 10.4 Å². The van der Waals surface area contributed by atoms with Crippen molar-refractivity contribution in [2.24, 2.45) is 5.92 Å². The minimum Gasteiger partial charge on any atom is -0.480 e. The standard InChI is InChI=1S/C17H15NO2/c18-12-16(17(19)20)11-8-13-6-9-15(10-7-13)14-4-2-1-3-5-14/h1-7,9-10,16H,8,11H2,(H,19,20). The third kappa shape index (κ3) is 3.46. The average molecular weight is 265 g/mol. The molecule has 0 saturated heterocycles. The second-order valence-corrected chi connectivity index (χ2v) is 4.62. The summed E-state index contributed by atoms with van der Waals surface area (Å²) in [5.74, 6) is -1.97. The summed E-state index contributed by atoms with van der Waals surface area (Å²) in [5, 5.41) is 17.6. The van der Waals surface area contributed by atoms with Crippen molar-refractivity contribution >= 4 is 5.97 Å². The fraction of sp³-hybridized carbons (Fsp3) is 0.176. The van der Waals surface area contributed by atoms with Crippen LogP contribution in [0.5, 0.6) is 0 Å². The molecule has 2 aromatic rings. The highest BCUT2D eigenvalue weighted by Gasteiger charge is 2.15. The largest absolute Gasteiger partial charge is 0.480 e. The Bertz CT molecular complexity index is 612. The molecule has 0 amide bonds. The normalized spacial score (nSPS) is 11.6. The van der Waals surface area contributed by atoms with E-state index in [-0.39, 0.29) is 0 Å². The second kappa shape index (κ2) is 6.53. The van der Waals surface area contributed by atoms with Gasteiger partial charge in [0.15, 0.2) is 0 Å². The minimum absolute atomic E-state index is 0.344. The molecule has 0 saturated carbocycles. The molecule has 0 bridgehead atoms. The molecule has 100 valence electrons. The number of nitrogens with zero attached hydrogens (tertiary/aromatic N) is 1. The Hall–Kier alpha value is -2.60. The monoisotopic (exact) mass is 265 g/mol. The summed E-state index contributed by atoms with van der Waals surface area (Å²) in [4.78, 5) is 10.8. The lowest BCUT2D eigenvalue weighted by Gasteiger charge is -2.06. The van der Waals surface area contributed by atoms with Crippen molar-refractivity contribution in [2.45, 2.75) is 12.8 Å². The Balaban J connectivity index is 2.03. The molecule has 1 atom stereocenters. The van der Waals surface area contributed by atoms with Gasteiger partial charge in [0.05, 0.1) is 6.07 Å². The number of aryl methyl sites for hydroxylation is 1. The van der Waals surface area contributed by atoms with Gasteiger partial charge in [0.1, 0.15) is 5.92 Å².